The third-order valence-electron chi connectivity index (χ3n) is 3.66. The highest BCUT2D eigenvalue weighted by Gasteiger charge is 2.20. The van der Waals surface area contributed by atoms with Gasteiger partial charge in [-0.2, -0.15) is 0 Å². The topological polar surface area (TPSA) is 38.3 Å². The Bertz CT molecular complexity index is 579. The van der Waals surface area contributed by atoms with Crippen molar-refractivity contribution < 1.29 is 4.74 Å². The quantitative estimate of drug-likeness (QED) is 0.781. The molecule has 1 fully saturated rings. The summed E-state index contributed by atoms with van der Waals surface area (Å²) in [5.41, 5.74) is 1.85. The number of hydrogen-bond acceptors (Lipinski definition) is 4. The van der Waals surface area contributed by atoms with E-state index in [1.807, 2.05) is 24.3 Å². The fraction of sp³-hybridized carbons (Fsp3) is 0.500. The van der Waals surface area contributed by atoms with Crippen LogP contribution in [-0.2, 0) is 0 Å². The van der Waals surface area contributed by atoms with Gasteiger partial charge >= 0.3 is 0 Å². The number of nitrogens with zero attached hydrogens (tertiary/aromatic N) is 3. The average molecular weight is 271 g/mol. The summed E-state index contributed by atoms with van der Waals surface area (Å²) in [7, 11) is 0. The van der Waals surface area contributed by atoms with Crippen molar-refractivity contribution in [3.63, 3.8) is 0 Å². The van der Waals surface area contributed by atoms with Gasteiger partial charge < -0.3 is 9.64 Å². The van der Waals surface area contributed by atoms with Crippen LogP contribution < -0.4 is 9.64 Å². The maximum absolute atomic E-state index is 5.88. The summed E-state index contributed by atoms with van der Waals surface area (Å²) in [6.45, 7) is 4.98. The molecule has 20 heavy (non-hydrogen) atoms. The first-order valence-corrected chi connectivity index (χ1v) is 7.53. The second kappa shape index (κ2) is 6.07. The summed E-state index contributed by atoms with van der Waals surface area (Å²) >= 11 is 0. The molecule has 2 heterocycles. The van der Waals surface area contributed by atoms with Crippen LogP contribution in [0.1, 0.15) is 32.6 Å². The molecule has 0 radical (unpaired) electrons. The zero-order chi connectivity index (χ0) is 13.8. The molecule has 0 amide bonds. The molecule has 2 aromatic rings. The summed E-state index contributed by atoms with van der Waals surface area (Å²) in [5, 5.41) is 0. The third kappa shape index (κ3) is 2.69. The van der Waals surface area contributed by atoms with Gasteiger partial charge in [-0.25, -0.2) is 9.97 Å². The first-order valence-electron chi connectivity index (χ1n) is 7.53. The Kier molecular flexibility index (Phi) is 4.00. The molecule has 1 aromatic carbocycles. The van der Waals surface area contributed by atoms with E-state index in [1.165, 1.54) is 12.8 Å². The fourth-order valence-corrected chi connectivity index (χ4v) is 2.52. The summed E-state index contributed by atoms with van der Waals surface area (Å²) in [6, 6.07) is 7.99. The zero-order valence-corrected chi connectivity index (χ0v) is 12.0. The van der Waals surface area contributed by atoms with Gasteiger partial charge in [-0.05, 0) is 31.4 Å². The van der Waals surface area contributed by atoms with E-state index in [0.29, 0.717) is 12.5 Å². The number of fused-ring (bicyclic) bond motifs is 1. The van der Waals surface area contributed by atoms with Crippen LogP contribution >= 0.6 is 0 Å². The third-order valence-corrected chi connectivity index (χ3v) is 3.66. The van der Waals surface area contributed by atoms with Gasteiger partial charge in [-0.3, -0.25) is 0 Å². The highest BCUT2D eigenvalue weighted by molar-refractivity contribution is 5.77. The molecule has 4 heteroatoms. The van der Waals surface area contributed by atoms with Gasteiger partial charge in [0.25, 0.3) is 5.88 Å². The van der Waals surface area contributed by atoms with Gasteiger partial charge in [0.2, 0.25) is 0 Å². The maximum Gasteiger partial charge on any atom is 0.258 e. The molecule has 0 atom stereocenters. The first-order chi connectivity index (χ1) is 9.88. The monoisotopic (exact) mass is 271 g/mol. The average Bonchev–Trinajstić information content (AvgIpc) is 3.01. The van der Waals surface area contributed by atoms with E-state index < -0.39 is 0 Å². The van der Waals surface area contributed by atoms with Crippen LogP contribution in [-0.4, -0.2) is 29.7 Å². The van der Waals surface area contributed by atoms with Crippen molar-refractivity contribution in [2.45, 2.75) is 32.6 Å². The SMILES string of the molecule is CCCCOc1nc2ccccc2nc1N1CCCC1. The lowest BCUT2D eigenvalue weighted by molar-refractivity contribution is 0.298. The van der Waals surface area contributed by atoms with E-state index in [-0.39, 0.29) is 0 Å². The van der Waals surface area contributed by atoms with Crippen LogP contribution in [0.5, 0.6) is 5.88 Å². The van der Waals surface area contributed by atoms with Crippen molar-refractivity contribution in [3.05, 3.63) is 24.3 Å². The number of para-hydroxylation sites is 2. The number of benzene rings is 1. The lowest BCUT2D eigenvalue weighted by Gasteiger charge is -2.19. The van der Waals surface area contributed by atoms with Gasteiger partial charge in [-0.15, -0.1) is 0 Å². The summed E-state index contributed by atoms with van der Waals surface area (Å²) in [6.07, 6.45) is 4.62. The number of hydrogen-bond donors (Lipinski definition) is 0. The van der Waals surface area contributed by atoms with E-state index >= 15 is 0 Å². The lowest BCUT2D eigenvalue weighted by Crippen LogP contribution is -2.21. The second-order valence-electron chi connectivity index (χ2n) is 5.24. The van der Waals surface area contributed by atoms with Gasteiger partial charge in [0, 0.05) is 13.1 Å². The molecule has 1 aliphatic heterocycles. The molecule has 1 saturated heterocycles. The number of rotatable bonds is 5. The molecule has 0 spiro atoms. The van der Waals surface area contributed by atoms with Gasteiger partial charge in [0.1, 0.15) is 0 Å². The van der Waals surface area contributed by atoms with Crippen molar-refractivity contribution in [1.82, 2.24) is 9.97 Å². The molecule has 0 saturated carbocycles. The maximum atomic E-state index is 5.88. The van der Waals surface area contributed by atoms with Gasteiger partial charge in [0.15, 0.2) is 5.82 Å². The van der Waals surface area contributed by atoms with E-state index in [1.54, 1.807) is 0 Å². The van der Waals surface area contributed by atoms with Crippen molar-refractivity contribution >= 4 is 16.9 Å². The Hall–Kier alpha value is -1.84. The Morgan fingerprint density at radius 3 is 2.50 bits per heavy atom. The minimum atomic E-state index is 0.694. The highest BCUT2D eigenvalue weighted by Crippen LogP contribution is 2.29. The van der Waals surface area contributed by atoms with Crippen LogP contribution in [0.2, 0.25) is 0 Å². The lowest BCUT2D eigenvalue weighted by atomic mass is 10.3. The molecule has 0 unspecified atom stereocenters. The normalized spacial score (nSPS) is 14.9. The summed E-state index contributed by atoms with van der Waals surface area (Å²) < 4.78 is 5.88. The largest absolute Gasteiger partial charge is 0.475 e. The van der Waals surface area contributed by atoms with Crippen LogP contribution in [0.4, 0.5) is 5.82 Å². The second-order valence-corrected chi connectivity index (χ2v) is 5.24. The Labute approximate surface area is 119 Å². The molecule has 0 bridgehead atoms. The molecular formula is C16H21N3O. The molecule has 1 aromatic heterocycles. The minimum absolute atomic E-state index is 0.694. The summed E-state index contributed by atoms with van der Waals surface area (Å²) in [5.74, 6) is 1.61. The van der Waals surface area contributed by atoms with Crippen molar-refractivity contribution in [3.8, 4) is 5.88 Å². The zero-order valence-electron chi connectivity index (χ0n) is 12.0. The summed E-state index contributed by atoms with van der Waals surface area (Å²) in [4.78, 5) is 11.7. The Morgan fingerprint density at radius 1 is 1.10 bits per heavy atom. The number of aromatic nitrogens is 2. The predicted molar refractivity (Wildman–Crippen MR) is 81.4 cm³/mol. The van der Waals surface area contributed by atoms with Gasteiger partial charge in [-0.1, -0.05) is 25.5 Å². The fourth-order valence-electron chi connectivity index (χ4n) is 2.52. The van der Waals surface area contributed by atoms with E-state index in [0.717, 1.165) is 42.8 Å². The van der Waals surface area contributed by atoms with Crippen LogP contribution in [0.15, 0.2) is 24.3 Å². The smallest absolute Gasteiger partial charge is 0.258 e. The van der Waals surface area contributed by atoms with Crippen LogP contribution in [0, 0.1) is 0 Å². The molecular weight excluding hydrogens is 250 g/mol. The standard InChI is InChI=1S/C16H21N3O/c1-2-3-12-20-16-15(19-10-6-7-11-19)17-13-8-4-5-9-14(13)18-16/h4-5,8-9H,2-3,6-7,10-12H2,1H3. The Balaban J connectivity index is 1.96. The van der Waals surface area contributed by atoms with E-state index in [4.69, 9.17) is 9.72 Å². The number of anilines is 1. The van der Waals surface area contributed by atoms with Crippen LogP contribution in [0.3, 0.4) is 0 Å². The highest BCUT2D eigenvalue weighted by atomic mass is 16.5. The molecule has 3 rings (SSSR count). The van der Waals surface area contributed by atoms with Crippen LogP contribution in [0.25, 0.3) is 11.0 Å². The molecule has 106 valence electrons. The molecule has 0 aliphatic carbocycles. The van der Waals surface area contributed by atoms with E-state index in [9.17, 15) is 0 Å². The Morgan fingerprint density at radius 2 is 1.80 bits per heavy atom. The van der Waals surface area contributed by atoms with Crippen molar-refractivity contribution in [1.29, 1.82) is 0 Å². The molecule has 1 aliphatic rings. The minimum Gasteiger partial charge on any atom is -0.475 e. The predicted octanol–water partition coefficient (Wildman–Crippen LogP) is 3.41. The number of unbranched alkanes of at least 4 members (excludes halogenated alkanes) is 1. The van der Waals surface area contributed by atoms with E-state index in [2.05, 4.69) is 16.8 Å². The number of ether oxygens (including phenoxy) is 1. The van der Waals surface area contributed by atoms with Gasteiger partial charge in [0.05, 0.1) is 17.6 Å². The first kappa shape index (κ1) is 13.2. The molecule has 4 nitrogen and oxygen atoms in total. The van der Waals surface area contributed by atoms with Crippen molar-refractivity contribution in [2.75, 3.05) is 24.6 Å². The molecule has 0 N–H and O–H groups in total. The van der Waals surface area contributed by atoms with Crippen molar-refractivity contribution in [2.24, 2.45) is 0 Å².